The minimum Gasteiger partial charge on any atom is -0.313 e. The third kappa shape index (κ3) is 1.71. The summed E-state index contributed by atoms with van der Waals surface area (Å²) in [5.41, 5.74) is 2.34. The predicted octanol–water partition coefficient (Wildman–Crippen LogP) is 2.00. The third-order valence-electron chi connectivity index (χ3n) is 2.01. The highest BCUT2D eigenvalue weighted by atomic mass is 14.9. The van der Waals surface area contributed by atoms with Gasteiger partial charge in [0.25, 0.3) is 0 Å². The third-order valence-corrected chi connectivity index (χ3v) is 2.01. The van der Waals surface area contributed by atoms with E-state index in [9.17, 15) is 0 Å². The number of nitrogens with one attached hydrogen (secondary N) is 1. The normalized spacial score (nSPS) is 12.5. The molecule has 0 spiro atoms. The molecule has 2 heteroatoms. The fourth-order valence-electron chi connectivity index (χ4n) is 1.12. The predicted molar refractivity (Wildman–Crippen MR) is 51.8 cm³/mol. The Labute approximate surface area is 73.3 Å². The molecule has 12 heavy (non-hydrogen) atoms. The van der Waals surface area contributed by atoms with Gasteiger partial charge in [-0.15, -0.1) is 0 Å². The molecule has 1 atom stereocenters. The van der Waals surface area contributed by atoms with E-state index in [1.165, 1.54) is 5.56 Å². The van der Waals surface area contributed by atoms with Crippen molar-refractivity contribution in [3.8, 4) is 0 Å². The molecule has 0 saturated carbocycles. The molecule has 2 nitrogen and oxygen atoms in total. The van der Waals surface area contributed by atoms with Gasteiger partial charge in [-0.3, -0.25) is 4.98 Å². The maximum atomic E-state index is 4.07. The zero-order valence-corrected chi connectivity index (χ0v) is 7.54. The van der Waals surface area contributed by atoms with Crippen LogP contribution in [0.25, 0.3) is 6.08 Å². The van der Waals surface area contributed by atoms with Crippen molar-refractivity contribution in [1.82, 2.24) is 10.3 Å². The van der Waals surface area contributed by atoms with Gasteiger partial charge in [-0.05, 0) is 31.2 Å². The first-order valence-corrected chi connectivity index (χ1v) is 4.03. The Morgan fingerprint density at radius 2 is 2.42 bits per heavy atom. The molecule has 0 aliphatic rings. The Hall–Kier alpha value is -1.15. The lowest BCUT2D eigenvalue weighted by molar-refractivity contribution is 0.648. The van der Waals surface area contributed by atoms with Crippen LogP contribution < -0.4 is 5.32 Å². The van der Waals surface area contributed by atoms with Gasteiger partial charge in [0, 0.05) is 18.4 Å². The summed E-state index contributed by atoms with van der Waals surface area (Å²) in [5.74, 6) is 0. The topological polar surface area (TPSA) is 24.9 Å². The van der Waals surface area contributed by atoms with Crippen LogP contribution in [0.15, 0.2) is 25.0 Å². The molecule has 1 heterocycles. The smallest absolute Gasteiger partial charge is 0.0321 e. The minimum atomic E-state index is 0.326. The van der Waals surface area contributed by atoms with E-state index in [2.05, 4.69) is 23.8 Å². The second-order valence-electron chi connectivity index (χ2n) is 2.72. The molecule has 0 unspecified atom stereocenters. The van der Waals surface area contributed by atoms with Crippen molar-refractivity contribution in [2.75, 3.05) is 7.05 Å². The van der Waals surface area contributed by atoms with E-state index in [1.807, 2.05) is 25.4 Å². The Morgan fingerprint density at radius 3 is 3.00 bits per heavy atom. The first-order chi connectivity index (χ1) is 5.79. The summed E-state index contributed by atoms with van der Waals surface area (Å²) in [6.07, 6.45) is 5.51. The molecule has 1 aromatic rings. The molecule has 64 valence electrons. The summed E-state index contributed by atoms with van der Waals surface area (Å²) < 4.78 is 0. The summed E-state index contributed by atoms with van der Waals surface area (Å²) in [7, 11) is 1.94. The lowest BCUT2D eigenvalue weighted by Crippen LogP contribution is -2.13. The molecule has 1 N–H and O–H groups in total. The SMILES string of the molecule is C=Cc1ccncc1[C@@H](C)NC. The van der Waals surface area contributed by atoms with Crippen LogP contribution in [0.4, 0.5) is 0 Å². The van der Waals surface area contributed by atoms with Crippen LogP contribution in [0, 0.1) is 0 Å². The lowest BCUT2D eigenvalue weighted by atomic mass is 10.0. The first kappa shape index (κ1) is 8.94. The summed E-state index contributed by atoms with van der Waals surface area (Å²) in [6, 6.07) is 2.29. The molecule has 1 aromatic heterocycles. The molecule has 1 rings (SSSR count). The number of hydrogen-bond donors (Lipinski definition) is 1. The van der Waals surface area contributed by atoms with Crippen molar-refractivity contribution < 1.29 is 0 Å². The van der Waals surface area contributed by atoms with E-state index in [0.717, 1.165) is 5.56 Å². The Kier molecular flexibility index (Phi) is 3.00. The quantitative estimate of drug-likeness (QED) is 0.735. The molecular formula is C10H14N2. The number of aromatic nitrogens is 1. The molecule has 0 aromatic carbocycles. The van der Waals surface area contributed by atoms with E-state index < -0.39 is 0 Å². The Balaban J connectivity index is 3.04. The molecule has 0 fully saturated rings. The van der Waals surface area contributed by atoms with Crippen LogP contribution in [0.3, 0.4) is 0 Å². The standard InChI is InChI=1S/C10H14N2/c1-4-9-5-6-12-7-10(9)8(2)11-3/h4-8,11H,1H2,2-3H3/t8-/m1/s1. The van der Waals surface area contributed by atoms with Crippen LogP contribution in [-0.4, -0.2) is 12.0 Å². The van der Waals surface area contributed by atoms with Crippen LogP contribution in [0.5, 0.6) is 0 Å². The Morgan fingerprint density at radius 1 is 1.67 bits per heavy atom. The maximum Gasteiger partial charge on any atom is 0.0321 e. The van der Waals surface area contributed by atoms with E-state index in [-0.39, 0.29) is 0 Å². The summed E-state index contributed by atoms with van der Waals surface area (Å²) in [4.78, 5) is 4.07. The highest BCUT2D eigenvalue weighted by Gasteiger charge is 2.05. The van der Waals surface area contributed by atoms with Gasteiger partial charge in [0.1, 0.15) is 0 Å². The summed E-state index contributed by atoms with van der Waals surface area (Å²) in [6.45, 7) is 5.85. The highest BCUT2D eigenvalue weighted by Crippen LogP contribution is 2.16. The van der Waals surface area contributed by atoms with Gasteiger partial charge in [-0.1, -0.05) is 12.7 Å². The van der Waals surface area contributed by atoms with Gasteiger partial charge >= 0.3 is 0 Å². The van der Waals surface area contributed by atoms with Crippen molar-refractivity contribution in [2.45, 2.75) is 13.0 Å². The van der Waals surface area contributed by atoms with Crippen molar-refractivity contribution in [3.63, 3.8) is 0 Å². The molecular weight excluding hydrogens is 148 g/mol. The van der Waals surface area contributed by atoms with Crippen molar-refractivity contribution >= 4 is 6.08 Å². The average Bonchev–Trinajstić information content (AvgIpc) is 2.16. The minimum absolute atomic E-state index is 0.326. The van der Waals surface area contributed by atoms with Gasteiger partial charge < -0.3 is 5.32 Å². The van der Waals surface area contributed by atoms with Crippen molar-refractivity contribution in [2.24, 2.45) is 0 Å². The van der Waals surface area contributed by atoms with E-state index >= 15 is 0 Å². The fourth-order valence-corrected chi connectivity index (χ4v) is 1.12. The summed E-state index contributed by atoms with van der Waals surface area (Å²) >= 11 is 0. The Bertz CT molecular complexity index is 268. The van der Waals surface area contributed by atoms with E-state index in [0.29, 0.717) is 6.04 Å². The van der Waals surface area contributed by atoms with Crippen molar-refractivity contribution in [1.29, 1.82) is 0 Å². The van der Waals surface area contributed by atoms with Gasteiger partial charge in [-0.2, -0.15) is 0 Å². The summed E-state index contributed by atoms with van der Waals surface area (Å²) in [5, 5.41) is 3.17. The number of hydrogen-bond acceptors (Lipinski definition) is 2. The number of pyridine rings is 1. The zero-order chi connectivity index (χ0) is 8.97. The maximum absolute atomic E-state index is 4.07. The van der Waals surface area contributed by atoms with Gasteiger partial charge in [0.2, 0.25) is 0 Å². The molecule has 0 amide bonds. The second kappa shape index (κ2) is 4.02. The van der Waals surface area contributed by atoms with Gasteiger partial charge in [-0.25, -0.2) is 0 Å². The van der Waals surface area contributed by atoms with E-state index in [4.69, 9.17) is 0 Å². The van der Waals surface area contributed by atoms with Crippen LogP contribution in [-0.2, 0) is 0 Å². The van der Waals surface area contributed by atoms with E-state index in [1.54, 1.807) is 6.20 Å². The fraction of sp³-hybridized carbons (Fsp3) is 0.300. The molecule has 0 aliphatic heterocycles. The largest absolute Gasteiger partial charge is 0.313 e. The molecule has 0 bridgehead atoms. The lowest BCUT2D eigenvalue weighted by Gasteiger charge is -2.12. The second-order valence-corrected chi connectivity index (χ2v) is 2.72. The van der Waals surface area contributed by atoms with Crippen LogP contribution in [0.1, 0.15) is 24.1 Å². The average molecular weight is 162 g/mol. The van der Waals surface area contributed by atoms with Gasteiger partial charge in [0.05, 0.1) is 0 Å². The molecule has 0 saturated heterocycles. The number of rotatable bonds is 3. The monoisotopic (exact) mass is 162 g/mol. The van der Waals surface area contributed by atoms with Crippen LogP contribution in [0.2, 0.25) is 0 Å². The van der Waals surface area contributed by atoms with Crippen molar-refractivity contribution in [3.05, 3.63) is 36.2 Å². The molecule has 0 radical (unpaired) electrons. The zero-order valence-electron chi connectivity index (χ0n) is 7.54. The van der Waals surface area contributed by atoms with Gasteiger partial charge in [0.15, 0.2) is 0 Å². The number of nitrogens with zero attached hydrogens (tertiary/aromatic N) is 1. The van der Waals surface area contributed by atoms with Crippen LogP contribution >= 0.6 is 0 Å². The highest BCUT2D eigenvalue weighted by molar-refractivity contribution is 5.51. The molecule has 0 aliphatic carbocycles. The first-order valence-electron chi connectivity index (χ1n) is 4.03.